The second-order valence-corrected chi connectivity index (χ2v) is 6.25. The SMILES string of the molecule is CCCCc1[c-]c2c(cc1)-c1ccc(CCCC)cc1C2.[Cl-].[Cl-].[Zr+3]. The minimum absolute atomic E-state index is 0. The number of aryl methyl sites for hydroxylation is 2. The van der Waals surface area contributed by atoms with E-state index in [0.717, 1.165) is 6.42 Å². The van der Waals surface area contributed by atoms with E-state index in [0.29, 0.717) is 0 Å². The van der Waals surface area contributed by atoms with Crippen molar-refractivity contribution in [2.24, 2.45) is 0 Å². The van der Waals surface area contributed by atoms with Crippen molar-refractivity contribution in [1.82, 2.24) is 0 Å². The van der Waals surface area contributed by atoms with E-state index in [2.05, 4.69) is 50.2 Å². The number of benzene rings is 2. The fourth-order valence-electron chi connectivity index (χ4n) is 3.28. The van der Waals surface area contributed by atoms with Gasteiger partial charge in [0, 0.05) is 0 Å². The Hall–Kier alpha value is -0.0969. The van der Waals surface area contributed by atoms with Crippen LogP contribution in [0.4, 0.5) is 0 Å². The third kappa shape index (κ3) is 5.45. The number of unbranched alkanes of at least 4 members (excludes halogenated alkanes) is 2. The Labute approximate surface area is 178 Å². The van der Waals surface area contributed by atoms with E-state index in [-0.39, 0.29) is 51.0 Å². The van der Waals surface area contributed by atoms with Crippen molar-refractivity contribution in [3.05, 3.63) is 58.7 Å². The Morgan fingerprint density at radius 1 is 0.875 bits per heavy atom. The summed E-state index contributed by atoms with van der Waals surface area (Å²) in [5.41, 5.74) is 8.63. The van der Waals surface area contributed by atoms with E-state index in [1.165, 1.54) is 71.9 Å². The van der Waals surface area contributed by atoms with Gasteiger partial charge >= 0.3 is 26.2 Å². The van der Waals surface area contributed by atoms with Gasteiger partial charge in [-0.05, 0) is 30.4 Å². The van der Waals surface area contributed by atoms with Gasteiger partial charge in [-0.3, -0.25) is 0 Å². The molecule has 0 atom stereocenters. The third-order valence-electron chi connectivity index (χ3n) is 4.53. The van der Waals surface area contributed by atoms with Gasteiger partial charge in [0.1, 0.15) is 0 Å². The van der Waals surface area contributed by atoms with E-state index in [4.69, 9.17) is 0 Å². The van der Waals surface area contributed by atoms with Gasteiger partial charge in [0.05, 0.1) is 0 Å². The summed E-state index contributed by atoms with van der Waals surface area (Å²) in [6.45, 7) is 4.51. The third-order valence-corrected chi connectivity index (χ3v) is 4.53. The van der Waals surface area contributed by atoms with Gasteiger partial charge in [-0.1, -0.05) is 63.3 Å². The summed E-state index contributed by atoms with van der Waals surface area (Å²) < 4.78 is 0. The molecule has 0 heterocycles. The Bertz CT molecular complexity index is 582. The minimum Gasteiger partial charge on any atom is -1.00 e. The monoisotopic (exact) mass is 437 g/mol. The molecule has 0 aromatic heterocycles. The first-order valence-corrected chi connectivity index (χ1v) is 8.48. The van der Waals surface area contributed by atoms with Crippen molar-refractivity contribution in [2.45, 2.75) is 58.8 Å². The van der Waals surface area contributed by atoms with Crippen LogP contribution in [-0.2, 0) is 45.5 Å². The van der Waals surface area contributed by atoms with Gasteiger partial charge < -0.3 is 24.8 Å². The zero-order valence-corrected chi connectivity index (χ0v) is 18.6. The molecule has 0 fully saturated rings. The molecule has 0 nitrogen and oxygen atoms in total. The van der Waals surface area contributed by atoms with E-state index >= 15 is 0 Å². The molecule has 0 amide bonds. The van der Waals surface area contributed by atoms with Gasteiger partial charge in [-0.25, -0.2) is 0 Å². The Morgan fingerprint density at radius 3 is 2.25 bits per heavy atom. The largest absolute Gasteiger partial charge is 3.00 e. The van der Waals surface area contributed by atoms with Gasteiger partial charge in [0.2, 0.25) is 0 Å². The summed E-state index contributed by atoms with van der Waals surface area (Å²) in [6.07, 6.45) is 8.54. The molecule has 127 valence electrons. The topological polar surface area (TPSA) is 0 Å². The van der Waals surface area contributed by atoms with E-state index < -0.39 is 0 Å². The van der Waals surface area contributed by atoms with Crippen LogP contribution in [0, 0.1) is 6.07 Å². The smallest absolute Gasteiger partial charge is 1.00 e. The van der Waals surface area contributed by atoms with Gasteiger partial charge in [-0.2, -0.15) is 23.8 Å². The predicted octanol–water partition coefficient (Wildman–Crippen LogP) is -0.251. The van der Waals surface area contributed by atoms with E-state index in [9.17, 15) is 0 Å². The summed E-state index contributed by atoms with van der Waals surface area (Å²) in [6, 6.07) is 15.3. The summed E-state index contributed by atoms with van der Waals surface area (Å²) in [5, 5.41) is 0. The molecule has 0 aliphatic heterocycles. The Balaban J connectivity index is 0.00000176. The van der Waals surface area contributed by atoms with E-state index in [1.807, 2.05) is 0 Å². The average molecular weight is 440 g/mol. The maximum atomic E-state index is 3.67. The molecular formula is C21H25Cl2Zr. The van der Waals surface area contributed by atoms with Crippen molar-refractivity contribution < 1.29 is 51.0 Å². The predicted molar refractivity (Wildman–Crippen MR) is 90.7 cm³/mol. The first kappa shape index (κ1) is 23.9. The number of hydrogen-bond acceptors (Lipinski definition) is 0. The van der Waals surface area contributed by atoms with Gasteiger partial charge in [0.25, 0.3) is 0 Å². The number of halogens is 2. The molecule has 0 unspecified atom stereocenters. The van der Waals surface area contributed by atoms with Crippen LogP contribution in [0.25, 0.3) is 11.1 Å². The molecule has 0 saturated carbocycles. The molecule has 2 aromatic carbocycles. The van der Waals surface area contributed by atoms with Gasteiger partial charge in [-0.15, -0.1) is 11.1 Å². The molecule has 1 aliphatic rings. The standard InChI is InChI=1S/C21H25.2ClH.Zr/c1-3-5-7-16-9-11-20-18(13-16)15-19-14-17(8-6-4-2)10-12-21(19)20;;;/h9-13H,3-8,15H2,1-2H3;2*1H;/q-1;;;+3/p-2. The fraction of sp³-hybridized carbons (Fsp3) is 0.429. The zero-order chi connectivity index (χ0) is 14.7. The molecule has 0 saturated heterocycles. The van der Waals surface area contributed by atoms with Crippen LogP contribution >= 0.6 is 0 Å². The van der Waals surface area contributed by atoms with Crippen molar-refractivity contribution >= 4 is 0 Å². The quantitative estimate of drug-likeness (QED) is 0.465. The summed E-state index contributed by atoms with van der Waals surface area (Å²) in [7, 11) is 0. The Kier molecular flexibility index (Phi) is 11.5. The van der Waals surface area contributed by atoms with Crippen LogP contribution in [0.3, 0.4) is 0 Å². The first-order valence-electron chi connectivity index (χ1n) is 8.48. The molecule has 1 radical (unpaired) electrons. The second kappa shape index (κ2) is 11.5. The molecule has 3 heteroatoms. The van der Waals surface area contributed by atoms with Gasteiger partial charge in [0.15, 0.2) is 0 Å². The normalized spacial score (nSPS) is 10.8. The summed E-state index contributed by atoms with van der Waals surface area (Å²) >= 11 is 0. The molecule has 3 rings (SSSR count). The number of fused-ring (bicyclic) bond motifs is 3. The summed E-state index contributed by atoms with van der Waals surface area (Å²) in [4.78, 5) is 0. The maximum Gasteiger partial charge on any atom is 3.00 e. The maximum absolute atomic E-state index is 3.67. The minimum atomic E-state index is 0. The van der Waals surface area contributed by atoms with Crippen LogP contribution in [-0.4, -0.2) is 0 Å². The van der Waals surface area contributed by atoms with Crippen LogP contribution < -0.4 is 24.8 Å². The zero-order valence-electron chi connectivity index (χ0n) is 14.6. The van der Waals surface area contributed by atoms with Crippen molar-refractivity contribution in [3.63, 3.8) is 0 Å². The number of hydrogen-bond donors (Lipinski definition) is 0. The molecule has 1 aliphatic carbocycles. The van der Waals surface area contributed by atoms with Crippen LogP contribution in [0.2, 0.25) is 0 Å². The molecular weight excluding hydrogens is 414 g/mol. The summed E-state index contributed by atoms with van der Waals surface area (Å²) in [5.74, 6) is 0. The Morgan fingerprint density at radius 2 is 1.54 bits per heavy atom. The van der Waals surface area contributed by atoms with E-state index in [1.54, 1.807) is 0 Å². The van der Waals surface area contributed by atoms with Crippen LogP contribution in [0.1, 0.15) is 61.8 Å². The van der Waals surface area contributed by atoms with Crippen LogP contribution in [0.5, 0.6) is 0 Å². The fourth-order valence-corrected chi connectivity index (χ4v) is 3.28. The molecule has 2 aromatic rings. The van der Waals surface area contributed by atoms with Crippen LogP contribution in [0.15, 0.2) is 30.3 Å². The average Bonchev–Trinajstić information content (AvgIpc) is 2.87. The number of rotatable bonds is 6. The molecule has 0 bridgehead atoms. The second-order valence-electron chi connectivity index (χ2n) is 6.25. The molecule has 0 N–H and O–H groups in total. The first-order chi connectivity index (χ1) is 10.3. The van der Waals surface area contributed by atoms with Crippen molar-refractivity contribution in [1.29, 1.82) is 0 Å². The van der Waals surface area contributed by atoms with Crippen molar-refractivity contribution in [2.75, 3.05) is 0 Å². The molecule has 0 spiro atoms. The van der Waals surface area contributed by atoms with Crippen molar-refractivity contribution in [3.8, 4) is 11.1 Å². The molecule has 24 heavy (non-hydrogen) atoms.